The molecule has 0 bridgehead atoms. The molecule has 0 aliphatic carbocycles. The van der Waals surface area contributed by atoms with E-state index in [1.807, 2.05) is 0 Å². The van der Waals surface area contributed by atoms with Gasteiger partial charge in [0.15, 0.2) is 16.6 Å². The lowest BCUT2D eigenvalue weighted by molar-refractivity contribution is 0.219. The number of oxime groups is 1. The summed E-state index contributed by atoms with van der Waals surface area (Å²) in [5.74, 6) is 0.447. The van der Waals surface area contributed by atoms with E-state index < -0.39 is 0 Å². The molecule has 10 heteroatoms. The van der Waals surface area contributed by atoms with Gasteiger partial charge >= 0.3 is 6.03 Å². The zero-order chi connectivity index (χ0) is 13.1. The van der Waals surface area contributed by atoms with E-state index in [0.717, 1.165) is 0 Å². The summed E-state index contributed by atoms with van der Waals surface area (Å²) >= 11 is 1.33. The van der Waals surface area contributed by atoms with Crippen molar-refractivity contribution in [2.75, 3.05) is 19.3 Å². The molecule has 1 saturated heterocycles. The lowest BCUT2D eigenvalue weighted by Gasteiger charge is -2.16. The first-order chi connectivity index (χ1) is 8.63. The summed E-state index contributed by atoms with van der Waals surface area (Å²) in [6, 6.07) is -0.0464. The predicted molar refractivity (Wildman–Crippen MR) is 62.5 cm³/mol. The van der Waals surface area contributed by atoms with Crippen LogP contribution in [0, 0.1) is 0 Å². The van der Waals surface area contributed by atoms with Crippen LogP contribution < -0.4 is 11.1 Å². The van der Waals surface area contributed by atoms with E-state index in [0.29, 0.717) is 17.3 Å². The van der Waals surface area contributed by atoms with Gasteiger partial charge in [-0.15, -0.1) is 0 Å². The van der Waals surface area contributed by atoms with Crippen molar-refractivity contribution in [1.82, 2.24) is 20.5 Å². The molecule has 1 aromatic heterocycles. The molecule has 1 aliphatic rings. The van der Waals surface area contributed by atoms with Crippen LogP contribution in [0.4, 0.5) is 4.79 Å². The molecule has 0 aromatic carbocycles. The Hall–Kier alpha value is -1.97. The molecule has 98 valence electrons. The summed E-state index contributed by atoms with van der Waals surface area (Å²) in [6.07, 6.45) is 0. The topological polar surface area (TPSA) is 130 Å². The van der Waals surface area contributed by atoms with Gasteiger partial charge in [-0.2, -0.15) is 0 Å². The van der Waals surface area contributed by atoms with Crippen molar-refractivity contribution in [2.24, 2.45) is 10.9 Å². The second kappa shape index (κ2) is 5.12. The lowest BCUT2D eigenvalue weighted by Crippen LogP contribution is -2.31. The molecule has 2 rings (SSSR count). The van der Waals surface area contributed by atoms with E-state index in [1.165, 1.54) is 11.8 Å². The van der Waals surface area contributed by atoms with Crippen molar-refractivity contribution in [3.63, 3.8) is 0 Å². The Kier molecular flexibility index (Phi) is 3.55. The first-order valence-electron chi connectivity index (χ1n) is 5.07. The molecule has 2 heterocycles. The van der Waals surface area contributed by atoms with E-state index in [2.05, 4.69) is 25.4 Å². The predicted octanol–water partition coefficient (Wildman–Crippen LogP) is -0.720. The van der Waals surface area contributed by atoms with E-state index in [4.69, 9.17) is 10.9 Å². The zero-order valence-corrected chi connectivity index (χ0v) is 10.3. The third-order valence-electron chi connectivity index (χ3n) is 2.58. The highest BCUT2D eigenvalue weighted by atomic mass is 32.2. The van der Waals surface area contributed by atoms with E-state index >= 15 is 0 Å². The maximum absolute atomic E-state index is 11.3. The summed E-state index contributed by atoms with van der Waals surface area (Å²) in [4.78, 5) is 12.9. The molecule has 9 nitrogen and oxygen atoms in total. The molecule has 1 atom stereocenters. The molecule has 1 aromatic rings. The Labute approximate surface area is 106 Å². The number of amidine groups is 1. The van der Waals surface area contributed by atoms with Crippen LogP contribution >= 0.6 is 11.8 Å². The van der Waals surface area contributed by atoms with Gasteiger partial charge in [0.25, 0.3) is 0 Å². The third-order valence-corrected chi connectivity index (χ3v) is 3.67. The Morgan fingerprint density at radius 1 is 1.78 bits per heavy atom. The molecule has 1 aliphatic heterocycles. The van der Waals surface area contributed by atoms with Crippen molar-refractivity contribution >= 4 is 23.6 Å². The first-order valence-corrected chi connectivity index (χ1v) is 6.06. The number of rotatable bonds is 4. The van der Waals surface area contributed by atoms with Crippen molar-refractivity contribution < 1.29 is 14.6 Å². The third kappa shape index (κ3) is 2.32. The zero-order valence-electron chi connectivity index (χ0n) is 9.53. The second-order valence-corrected chi connectivity index (χ2v) is 4.67. The number of nitrogens with one attached hydrogen (secondary N) is 1. The van der Waals surface area contributed by atoms with Gasteiger partial charge in [0.05, 0.1) is 6.04 Å². The summed E-state index contributed by atoms with van der Waals surface area (Å²) in [6.45, 7) is 0.576. The minimum absolute atomic E-state index is 0.0549. The molecule has 2 amide bonds. The number of urea groups is 1. The summed E-state index contributed by atoms with van der Waals surface area (Å²) < 4.78 is 4.54. The molecule has 0 radical (unpaired) electrons. The molecule has 0 saturated carbocycles. The number of hydrogen-bond acceptors (Lipinski definition) is 7. The minimum atomic E-state index is -0.160. The van der Waals surface area contributed by atoms with Gasteiger partial charge < -0.3 is 21.2 Å². The summed E-state index contributed by atoms with van der Waals surface area (Å²) in [5.41, 5.74) is 5.62. The molecule has 0 unspecified atom stereocenters. The average Bonchev–Trinajstić information content (AvgIpc) is 2.95. The number of aromatic nitrogens is 2. The number of thioether (sulfide) groups is 1. The van der Waals surface area contributed by atoms with E-state index in [-0.39, 0.29) is 23.6 Å². The van der Waals surface area contributed by atoms with Gasteiger partial charge in [0, 0.05) is 19.3 Å². The lowest BCUT2D eigenvalue weighted by atomic mass is 10.3. The van der Waals surface area contributed by atoms with E-state index in [9.17, 15) is 4.79 Å². The number of hydrogen-bond donors (Lipinski definition) is 3. The van der Waals surface area contributed by atoms with Gasteiger partial charge in [-0.25, -0.2) is 9.42 Å². The number of nitrogens with zero attached hydrogens (tertiary/aromatic N) is 4. The standard InChI is InChI=1S/C8H12N6O3S/c1-14-4(2-10-8(14)15)3-18-7-5(6(9)11-16)12-17-13-7/h4,16H,2-3H2,1H3,(H2,9,11)(H,10,15)/t4-/m1/s1. The quantitative estimate of drug-likeness (QED) is 0.217. The molecule has 1 fully saturated rings. The van der Waals surface area contributed by atoms with Crippen LogP contribution in [0.1, 0.15) is 5.69 Å². The fourth-order valence-corrected chi connectivity index (χ4v) is 2.51. The van der Waals surface area contributed by atoms with Crippen LogP contribution in [0.15, 0.2) is 14.8 Å². The van der Waals surface area contributed by atoms with Gasteiger partial charge in [-0.1, -0.05) is 16.9 Å². The maximum Gasteiger partial charge on any atom is 0.317 e. The highest BCUT2D eigenvalue weighted by molar-refractivity contribution is 7.99. The Morgan fingerprint density at radius 3 is 3.17 bits per heavy atom. The maximum atomic E-state index is 11.3. The Bertz CT molecular complexity index is 475. The van der Waals surface area contributed by atoms with Crippen LogP contribution in [0.3, 0.4) is 0 Å². The van der Waals surface area contributed by atoms with Crippen molar-refractivity contribution in [3.8, 4) is 0 Å². The second-order valence-electron chi connectivity index (χ2n) is 3.67. The highest BCUT2D eigenvalue weighted by Gasteiger charge is 2.28. The van der Waals surface area contributed by atoms with Crippen LogP contribution in [-0.2, 0) is 0 Å². The fraction of sp³-hybridized carbons (Fsp3) is 0.500. The van der Waals surface area contributed by atoms with Crippen LogP contribution in [-0.4, -0.2) is 57.7 Å². The summed E-state index contributed by atoms with van der Waals surface area (Å²) in [5, 5.41) is 21.8. The van der Waals surface area contributed by atoms with Gasteiger partial charge in [-0.3, -0.25) is 0 Å². The highest BCUT2D eigenvalue weighted by Crippen LogP contribution is 2.22. The average molecular weight is 272 g/mol. The van der Waals surface area contributed by atoms with Gasteiger partial charge in [0.1, 0.15) is 0 Å². The normalized spacial score (nSPS) is 20.3. The van der Waals surface area contributed by atoms with Crippen LogP contribution in [0.2, 0.25) is 0 Å². The number of likely N-dealkylation sites (N-methyl/N-ethyl adjacent to an activating group) is 1. The van der Waals surface area contributed by atoms with Crippen molar-refractivity contribution in [3.05, 3.63) is 5.69 Å². The molecular formula is C8H12N6O3S. The van der Waals surface area contributed by atoms with Gasteiger partial charge in [0.2, 0.25) is 0 Å². The molecule has 4 N–H and O–H groups in total. The van der Waals surface area contributed by atoms with Crippen molar-refractivity contribution in [1.29, 1.82) is 0 Å². The molecule has 18 heavy (non-hydrogen) atoms. The minimum Gasteiger partial charge on any atom is -0.409 e. The van der Waals surface area contributed by atoms with Crippen LogP contribution in [0.25, 0.3) is 0 Å². The number of nitrogens with two attached hydrogens (primary N) is 1. The Morgan fingerprint density at radius 2 is 2.56 bits per heavy atom. The SMILES string of the molecule is CN1C(=O)NC[C@@H]1CSc1nonc1/C(N)=N/O. The van der Waals surface area contributed by atoms with Gasteiger partial charge in [-0.05, 0) is 10.3 Å². The van der Waals surface area contributed by atoms with E-state index in [1.54, 1.807) is 11.9 Å². The largest absolute Gasteiger partial charge is 0.409 e. The molecule has 0 spiro atoms. The smallest absolute Gasteiger partial charge is 0.317 e. The molecular weight excluding hydrogens is 260 g/mol. The number of carbonyl (C=O) groups excluding carboxylic acids is 1. The fourth-order valence-electron chi connectivity index (χ4n) is 1.46. The monoisotopic (exact) mass is 272 g/mol. The number of carbonyl (C=O) groups is 1. The summed E-state index contributed by atoms with van der Waals surface area (Å²) in [7, 11) is 1.72. The number of amides is 2. The first kappa shape index (κ1) is 12.5. The van der Waals surface area contributed by atoms with Crippen molar-refractivity contribution in [2.45, 2.75) is 11.1 Å². The Balaban J connectivity index is 1.99. The van der Waals surface area contributed by atoms with Crippen LogP contribution in [0.5, 0.6) is 0 Å².